The van der Waals surface area contributed by atoms with Crippen LogP contribution in [0.1, 0.15) is 24.4 Å². The van der Waals surface area contributed by atoms with Crippen molar-refractivity contribution in [2.45, 2.75) is 33.2 Å². The van der Waals surface area contributed by atoms with Crippen LogP contribution in [0.2, 0.25) is 0 Å². The highest BCUT2D eigenvalue weighted by atomic mass is 32.1. The number of amides is 2. The summed E-state index contributed by atoms with van der Waals surface area (Å²) < 4.78 is 0. The third-order valence-electron chi connectivity index (χ3n) is 4.54. The maximum Gasteiger partial charge on any atom is 0.247 e. The van der Waals surface area contributed by atoms with E-state index in [1.165, 1.54) is 0 Å². The van der Waals surface area contributed by atoms with Crippen molar-refractivity contribution in [2.75, 3.05) is 5.32 Å². The van der Waals surface area contributed by atoms with Crippen LogP contribution < -0.4 is 10.6 Å². The predicted molar refractivity (Wildman–Crippen MR) is 118 cm³/mol. The van der Waals surface area contributed by atoms with Crippen LogP contribution >= 0.6 is 11.3 Å². The molecule has 1 aromatic heterocycles. The molecular weight excluding hydrogens is 382 g/mol. The molecular formula is C23H25N3O2S. The van der Waals surface area contributed by atoms with Gasteiger partial charge in [0.2, 0.25) is 11.8 Å². The van der Waals surface area contributed by atoms with Crippen molar-refractivity contribution >= 4 is 28.8 Å². The number of benzene rings is 2. The van der Waals surface area contributed by atoms with Crippen molar-refractivity contribution in [3.8, 4) is 11.3 Å². The second-order valence-electron chi connectivity index (χ2n) is 7.27. The predicted octanol–water partition coefficient (Wildman–Crippen LogP) is 4.44. The highest BCUT2D eigenvalue weighted by molar-refractivity contribution is 7.09. The van der Waals surface area contributed by atoms with Crippen LogP contribution in [0.25, 0.3) is 11.3 Å². The topological polar surface area (TPSA) is 71.1 Å². The Labute approximate surface area is 175 Å². The van der Waals surface area contributed by atoms with Crippen molar-refractivity contribution in [1.82, 2.24) is 10.3 Å². The van der Waals surface area contributed by atoms with Crippen LogP contribution in [0.5, 0.6) is 0 Å². The number of hydrogen-bond donors (Lipinski definition) is 2. The Morgan fingerprint density at radius 1 is 1.03 bits per heavy atom. The van der Waals surface area contributed by atoms with Gasteiger partial charge in [-0.3, -0.25) is 9.59 Å². The highest BCUT2D eigenvalue weighted by Gasteiger charge is 2.24. The standard InChI is InChI=1S/C23H25N3O2S/c1-15(2)22(26-21(27)13-17-7-5-4-6-8-17)23(28)25-19-11-9-18(10-12-19)20-14-29-16(3)24-20/h4-12,14-15,22H,13H2,1-3H3,(H,25,28)(H,26,27)/t22-/m0/s1. The Balaban J connectivity index is 1.62. The first-order valence-corrected chi connectivity index (χ1v) is 10.5. The van der Waals surface area contributed by atoms with E-state index in [-0.39, 0.29) is 24.2 Å². The summed E-state index contributed by atoms with van der Waals surface area (Å²) in [6.07, 6.45) is 0.249. The second-order valence-corrected chi connectivity index (χ2v) is 8.33. The smallest absolute Gasteiger partial charge is 0.247 e. The minimum Gasteiger partial charge on any atom is -0.344 e. The molecule has 0 radical (unpaired) electrons. The molecule has 6 heteroatoms. The zero-order valence-corrected chi connectivity index (χ0v) is 17.6. The number of anilines is 1. The molecule has 3 rings (SSSR count). The fourth-order valence-corrected chi connectivity index (χ4v) is 3.60. The first-order valence-electron chi connectivity index (χ1n) is 9.59. The monoisotopic (exact) mass is 407 g/mol. The molecule has 0 fully saturated rings. The molecule has 3 aromatic rings. The third kappa shape index (κ3) is 5.74. The average molecular weight is 408 g/mol. The van der Waals surface area contributed by atoms with Gasteiger partial charge < -0.3 is 10.6 Å². The Morgan fingerprint density at radius 2 is 1.72 bits per heavy atom. The van der Waals surface area contributed by atoms with Crippen molar-refractivity contribution in [2.24, 2.45) is 5.92 Å². The van der Waals surface area contributed by atoms with Gasteiger partial charge in [-0.1, -0.05) is 56.3 Å². The third-order valence-corrected chi connectivity index (χ3v) is 5.31. The molecule has 0 unspecified atom stereocenters. The normalized spacial score (nSPS) is 11.9. The van der Waals surface area contributed by atoms with E-state index in [0.717, 1.165) is 21.8 Å². The second kappa shape index (κ2) is 9.47. The lowest BCUT2D eigenvalue weighted by atomic mass is 10.0. The van der Waals surface area contributed by atoms with E-state index >= 15 is 0 Å². The van der Waals surface area contributed by atoms with E-state index in [1.807, 2.05) is 80.7 Å². The number of aromatic nitrogens is 1. The Kier molecular flexibility index (Phi) is 6.77. The summed E-state index contributed by atoms with van der Waals surface area (Å²) in [5.74, 6) is -0.426. The minimum atomic E-state index is -0.605. The van der Waals surface area contributed by atoms with E-state index in [9.17, 15) is 9.59 Å². The van der Waals surface area contributed by atoms with Crippen LogP contribution in [0.4, 0.5) is 5.69 Å². The van der Waals surface area contributed by atoms with Gasteiger partial charge in [-0.25, -0.2) is 4.98 Å². The molecule has 0 aliphatic rings. The largest absolute Gasteiger partial charge is 0.344 e. The molecule has 5 nitrogen and oxygen atoms in total. The molecule has 0 aliphatic heterocycles. The summed E-state index contributed by atoms with van der Waals surface area (Å²) in [4.78, 5) is 29.6. The molecule has 0 bridgehead atoms. The van der Waals surface area contributed by atoms with Gasteiger partial charge in [0.25, 0.3) is 0 Å². The van der Waals surface area contributed by atoms with Gasteiger partial charge in [0.15, 0.2) is 0 Å². The molecule has 2 amide bonds. The molecule has 1 heterocycles. The molecule has 0 spiro atoms. The van der Waals surface area contributed by atoms with E-state index in [2.05, 4.69) is 15.6 Å². The Hall–Kier alpha value is -2.99. The van der Waals surface area contributed by atoms with E-state index < -0.39 is 6.04 Å². The van der Waals surface area contributed by atoms with Crippen LogP contribution in [-0.2, 0) is 16.0 Å². The fourth-order valence-electron chi connectivity index (χ4n) is 2.98. The molecule has 0 aliphatic carbocycles. The van der Waals surface area contributed by atoms with Gasteiger partial charge in [0.1, 0.15) is 6.04 Å². The molecule has 29 heavy (non-hydrogen) atoms. The first kappa shape index (κ1) is 20.7. The lowest BCUT2D eigenvalue weighted by molar-refractivity contribution is -0.127. The lowest BCUT2D eigenvalue weighted by Gasteiger charge is -2.22. The lowest BCUT2D eigenvalue weighted by Crippen LogP contribution is -2.47. The fraction of sp³-hybridized carbons (Fsp3) is 0.261. The zero-order valence-electron chi connectivity index (χ0n) is 16.8. The zero-order chi connectivity index (χ0) is 20.8. The molecule has 0 saturated heterocycles. The summed E-state index contributed by atoms with van der Waals surface area (Å²) in [5.41, 5.74) is 3.54. The quantitative estimate of drug-likeness (QED) is 0.608. The number of nitrogens with zero attached hydrogens (tertiary/aromatic N) is 1. The number of hydrogen-bond acceptors (Lipinski definition) is 4. The maximum absolute atomic E-state index is 12.8. The summed E-state index contributed by atoms with van der Waals surface area (Å²) in [6, 6.07) is 16.5. The first-order chi connectivity index (χ1) is 13.9. The van der Waals surface area contributed by atoms with Crippen LogP contribution in [0.15, 0.2) is 60.0 Å². The van der Waals surface area contributed by atoms with E-state index in [0.29, 0.717) is 5.69 Å². The van der Waals surface area contributed by atoms with Crippen LogP contribution in [0.3, 0.4) is 0 Å². The van der Waals surface area contributed by atoms with Gasteiger partial charge in [-0.15, -0.1) is 11.3 Å². The molecule has 2 aromatic carbocycles. The number of aryl methyl sites for hydroxylation is 1. The average Bonchev–Trinajstić information content (AvgIpc) is 3.13. The highest BCUT2D eigenvalue weighted by Crippen LogP contribution is 2.23. The van der Waals surface area contributed by atoms with E-state index in [4.69, 9.17) is 0 Å². The molecule has 0 saturated carbocycles. The van der Waals surface area contributed by atoms with Gasteiger partial charge in [-0.2, -0.15) is 0 Å². The van der Waals surface area contributed by atoms with Gasteiger partial charge in [-0.05, 0) is 30.5 Å². The summed E-state index contributed by atoms with van der Waals surface area (Å²) >= 11 is 1.61. The van der Waals surface area contributed by atoms with Crippen LogP contribution in [0, 0.1) is 12.8 Å². The number of thiazole rings is 1. The molecule has 150 valence electrons. The Morgan fingerprint density at radius 3 is 2.31 bits per heavy atom. The number of nitrogens with one attached hydrogen (secondary N) is 2. The van der Waals surface area contributed by atoms with Crippen molar-refractivity contribution in [3.05, 3.63) is 70.5 Å². The summed E-state index contributed by atoms with van der Waals surface area (Å²) in [5, 5.41) is 8.80. The number of carbonyl (C=O) groups is 2. The molecule has 1 atom stereocenters. The van der Waals surface area contributed by atoms with E-state index in [1.54, 1.807) is 11.3 Å². The Bertz CT molecular complexity index is 965. The van der Waals surface area contributed by atoms with Gasteiger partial charge in [0.05, 0.1) is 17.1 Å². The van der Waals surface area contributed by atoms with Crippen molar-refractivity contribution in [3.63, 3.8) is 0 Å². The number of carbonyl (C=O) groups excluding carboxylic acids is 2. The van der Waals surface area contributed by atoms with Gasteiger partial charge >= 0.3 is 0 Å². The van der Waals surface area contributed by atoms with Crippen LogP contribution in [-0.4, -0.2) is 22.8 Å². The summed E-state index contributed by atoms with van der Waals surface area (Å²) in [6.45, 7) is 5.81. The summed E-state index contributed by atoms with van der Waals surface area (Å²) in [7, 11) is 0. The number of rotatable bonds is 7. The minimum absolute atomic E-state index is 0.0352. The van der Waals surface area contributed by atoms with Crippen molar-refractivity contribution < 1.29 is 9.59 Å². The SMILES string of the molecule is Cc1nc(-c2ccc(NC(=O)[C@@H](NC(=O)Cc3ccccc3)C(C)C)cc2)cs1. The maximum atomic E-state index is 12.8. The molecule has 2 N–H and O–H groups in total. The van der Waals surface area contributed by atoms with Crippen molar-refractivity contribution in [1.29, 1.82) is 0 Å². The van der Waals surface area contributed by atoms with Gasteiger partial charge in [0, 0.05) is 16.6 Å².